The fraction of sp³-hybridized carbons (Fsp3) is 0.455. The van der Waals surface area contributed by atoms with Gasteiger partial charge < -0.3 is 22.3 Å². The lowest BCUT2D eigenvalue weighted by atomic mass is 9.95. The first-order chi connectivity index (χ1) is 24.1. The Hall–Kier alpha value is -5.18. The van der Waals surface area contributed by atoms with Crippen molar-refractivity contribution >= 4 is 86.3 Å². The van der Waals surface area contributed by atoms with Crippen molar-refractivity contribution < 1.29 is 15.3 Å². The molecule has 0 amide bonds. The number of hydrogen-bond acceptors (Lipinski definition) is 15. The Labute approximate surface area is 310 Å². The van der Waals surface area contributed by atoms with Crippen LogP contribution >= 0.6 is 22.7 Å². The summed E-state index contributed by atoms with van der Waals surface area (Å²) in [5.41, 5.74) is 6.76. The van der Waals surface area contributed by atoms with Crippen molar-refractivity contribution in [1.82, 2.24) is 35.2 Å². The van der Waals surface area contributed by atoms with Crippen LogP contribution in [0.25, 0.3) is 40.9 Å². The lowest BCUT2D eigenvalue weighted by molar-refractivity contribution is -0.384. The van der Waals surface area contributed by atoms with Gasteiger partial charge in [0.1, 0.15) is 53.9 Å². The van der Waals surface area contributed by atoms with Crippen LogP contribution in [0.5, 0.6) is 0 Å². The molecule has 284 valence electrons. The molecule has 0 aromatic carbocycles. The quantitative estimate of drug-likeness (QED) is 0.141. The Morgan fingerprint density at radius 3 is 1.58 bits per heavy atom. The first-order valence-corrected chi connectivity index (χ1v) is 18.1. The lowest BCUT2D eigenvalue weighted by Gasteiger charge is -2.23. The fourth-order valence-electron chi connectivity index (χ4n) is 7.17. The van der Waals surface area contributed by atoms with E-state index in [0.717, 1.165) is 57.6 Å². The molecule has 0 aliphatic heterocycles. The van der Waals surface area contributed by atoms with E-state index in [4.69, 9.17) is 5.73 Å². The monoisotopic (exact) mass is 769 g/mol. The highest BCUT2D eigenvalue weighted by Gasteiger charge is 2.27. The number of thiophene rings is 2. The number of pyridine rings is 2. The first kappa shape index (κ1) is 40.6. The van der Waals surface area contributed by atoms with Gasteiger partial charge in [-0.3, -0.25) is 39.0 Å². The summed E-state index contributed by atoms with van der Waals surface area (Å²) in [6.45, 7) is 0. The van der Waals surface area contributed by atoms with Crippen molar-refractivity contribution in [2.24, 2.45) is 0 Å². The topological polar surface area (TPSA) is 278 Å². The van der Waals surface area contributed by atoms with Gasteiger partial charge in [-0.1, -0.05) is 46.0 Å². The van der Waals surface area contributed by atoms with Crippen molar-refractivity contribution in [3.8, 4) is 0 Å². The van der Waals surface area contributed by atoms with Gasteiger partial charge in [0.05, 0.1) is 33.3 Å². The maximum atomic E-state index is 13.1. The number of rotatable bonds is 5. The molecule has 6 heterocycles. The van der Waals surface area contributed by atoms with E-state index in [2.05, 4.69) is 19.9 Å². The highest BCUT2D eigenvalue weighted by Crippen LogP contribution is 2.41. The SMILES string of the molecule is C.CN(C)c1c([N+](=O)[O-])cnc2sc3c(=O)n(C4CCCCC4)cnc3c12.N.Nc1c([N+](=O)[O-])cnc2sc3c(=O)n(C4CCCCC4)cnc3c12.O. The molecule has 53 heavy (non-hydrogen) atoms. The van der Waals surface area contributed by atoms with Crippen LogP contribution in [0, 0.1) is 20.2 Å². The number of nitrogen functional groups attached to an aromatic ring is 1. The van der Waals surface area contributed by atoms with Crippen LogP contribution < -0.4 is 27.9 Å². The number of hydrogen-bond donors (Lipinski definition) is 2. The molecule has 0 spiro atoms. The average Bonchev–Trinajstić information content (AvgIpc) is 3.69. The molecule has 8 rings (SSSR count). The molecule has 6 aromatic heterocycles. The van der Waals surface area contributed by atoms with Gasteiger partial charge in [0.15, 0.2) is 0 Å². The summed E-state index contributed by atoms with van der Waals surface area (Å²) in [6.07, 6.45) is 16.4. The third kappa shape index (κ3) is 7.13. The minimum Gasteiger partial charge on any atom is -0.412 e. The Bertz CT molecular complexity index is 2430. The summed E-state index contributed by atoms with van der Waals surface area (Å²) in [5, 5.41) is 23.4. The number of nitrogens with zero attached hydrogens (tertiary/aromatic N) is 9. The van der Waals surface area contributed by atoms with Crippen molar-refractivity contribution in [2.75, 3.05) is 24.7 Å². The molecule has 2 fully saturated rings. The van der Waals surface area contributed by atoms with E-state index in [1.54, 1.807) is 40.8 Å². The van der Waals surface area contributed by atoms with E-state index in [1.165, 1.54) is 41.7 Å². The van der Waals surface area contributed by atoms with E-state index in [1.807, 2.05) is 0 Å². The van der Waals surface area contributed by atoms with Gasteiger partial charge in [-0.2, -0.15) is 0 Å². The molecule has 6 aromatic rings. The molecule has 0 radical (unpaired) electrons. The summed E-state index contributed by atoms with van der Waals surface area (Å²) in [4.78, 5) is 67.4. The molecule has 0 bridgehead atoms. The molecule has 2 aliphatic rings. The normalized spacial score (nSPS) is 14.9. The van der Waals surface area contributed by atoms with Crippen molar-refractivity contribution in [3.05, 3.63) is 66.0 Å². The van der Waals surface area contributed by atoms with E-state index >= 15 is 0 Å². The van der Waals surface area contributed by atoms with Gasteiger partial charge >= 0.3 is 11.4 Å². The van der Waals surface area contributed by atoms with Crippen LogP contribution in [-0.2, 0) is 0 Å². The molecule has 2 saturated carbocycles. The molecule has 0 saturated heterocycles. The zero-order valence-corrected chi connectivity index (χ0v) is 30.2. The minimum atomic E-state index is -0.575. The van der Waals surface area contributed by atoms with Gasteiger partial charge in [-0.05, 0) is 25.7 Å². The molecular weight excluding hydrogens is 727 g/mol. The van der Waals surface area contributed by atoms with E-state index in [0.29, 0.717) is 46.6 Å². The van der Waals surface area contributed by atoms with Gasteiger partial charge in [0.2, 0.25) is 0 Å². The minimum absolute atomic E-state index is 0. The van der Waals surface area contributed by atoms with Gasteiger partial charge in [0.25, 0.3) is 11.1 Å². The number of anilines is 2. The number of fused-ring (bicyclic) bond motifs is 6. The van der Waals surface area contributed by atoms with E-state index in [-0.39, 0.29) is 59.3 Å². The molecule has 0 atom stereocenters. The third-order valence-electron chi connectivity index (χ3n) is 9.62. The van der Waals surface area contributed by atoms with Crippen LogP contribution in [0.15, 0.2) is 34.6 Å². The molecule has 2 aliphatic carbocycles. The Morgan fingerprint density at radius 1 is 0.736 bits per heavy atom. The largest absolute Gasteiger partial charge is 0.412 e. The Balaban J connectivity index is 0.000000225. The standard InChI is InChI=1S/C17H19N5O3S.C15H15N5O3S.CH4.H3N.H2O/c1-20(2)14-11(22(24)25)8-18-16-12(14)13-15(26-16)17(23)21(9-19-13)10-6-4-3-5-7-10;16-11-9(20(22)23)6-17-14-10(11)12-13(24-14)15(21)19(7-18-12)8-4-2-1-3-5-8;;;/h8-10H,3-7H2,1-2H3;6-8H,1-5H2,(H2,16,17);1H4;1H3;1H2. The van der Waals surface area contributed by atoms with Crippen LogP contribution in [0.2, 0.25) is 0 Å². The lowest BCUT2D eigenvalue weighted by Crippen LogP contribution is -2.26. The number of aromatic nitrogens is 6. The average molecular weight is 770 g/mol. The zero-order valence-electron chi connectivity index (χ0n) is 28.6. The zero-order chi connectivity index (χ0) is 35.3. The molecular formula is C33H43N11O7S2. The fourth-order valence-corrected chi connectivity index (χ4v) is 9.26. The maximum Gasteiger partial charge on any atom is 0.311 e. The highest BCUT2D eigenvalue weighted by molar-refractivity contribution is 7.25. The number of nitrogens with two attached hydrogens (primary N) is 1. The van der Waals surface area contributed by atoms with Crippen LogP contribution in [0.1, 0.15) is 83.7 Å². The first-order valence-electron chi connectivity index (χ1n) is 16.4. The molecule has 7 N–H and O–H groups in total. The highest BCUT2D eigenvalue weighted by atomic mass is 32.1. The molecule has 18 nitrogen and oxygen atoms in total. The summed E-state index contributed by atoms with van der Waals surface area (Å²) < 4.78 is 4.41. The van der Waals surface area contributed by atoms with Gasteiger partial charge in [-0.15, -0.1) is 22.7 Å². The second-order valence-corrected chi connectivity index (χ2v) is 14.9. The summed E-state index contributed by atoms with van der Waals surface area (Å²) >= 11 is 2.45. The third-order valence-corrected chi connectivity index (χ3v) is 11.8. The Kier molecular flexibility index (Phi) is 12.4. The van der Waals surface area contributed by atoms with Crippen LogP contribution in [0.4, 0.5) is 22.7 Å². The van der Waals surface area contributed by atoms with Gasteiger partial charge in [0, 0.05) is 26.2 Å². The Morgan fingerprint density at radius 2 is 1.15 bits per heavy atom. The van der Waals surface area contributed by atoms with E-state index in [9.17, 15) is 29.8 Å². The van der Waals surface area contributed by atoms with Gasteiger partial charge in [-0.25, -0.2) is 19.9 Å². The predicted octanol–water partition coefficient (Wildman–Crippen LogP) is 6.46. The molecule has 0 unspecified atom stereocenters. The summed E-state index contributed by atoms with van der Waals surface area (Å²) in [7, 11) is 3.49. The van der Waals surface area contributed by atoms with Crippen molar-refractivity contribution in [1.29, 1.82) is 0 Å². The second kappa shape index (κ2) is 16.2. The number of nitro groups is 2. The summed E-state index contributed by atoms with van der Waals surface area (Å²) in [5.74, 6) is 0. The van der Waals surface area contributed by atoms with Crippen LogP contribution in [-0.4, -0.2) is 58.5 Å². The second-order valence-electron chi connectivity index (χ2n) is 12.9. The summed E-state index contributed by atoms with van der Waals surface area (Å²) in [6, 6.07) is 0.363. The van der Waals surface area contributed by atoms with Crippen molar-refractivity contribution in [2.45, 2.75) is 83.7 Å². The van der Waals surface area contributed by atoms with Crippen LogP contribution in [0.3, 0.4) is 0 Å². The maximum absolute atomic E-state index is 13.1. The van der Waals surface area contributed by atoms with E-state index < -0.39 is 9.85 Å². The smallest absolute Gasteiger partial charge is 0.311 e. The predicted molar refractivity (Wildman–Crippen MR) is 210 cm³/mol. The van der Waals surface area contributed by atoms with Crippen molar-refractivity contribution in [3.63, 3.8) is 0 Å². The molecule has 20 heteroatoms.